The summed E-state index contributed by atoms with van der Waals surface area (Å²) in [6, 6.07) is 0. The quantitative estimate of drug-likeness (QED) is 0.349. The fourth-order valence-electron chi connectivity index (χ4n) is 0.942. The van der Waals surface area contributed by atoms with Gasteiger partial charge in [-0.1, -0.05) is 0 Å². The van der Waals surface area contributed by atoms with Gasteiger partial charge in [-0.05, 0) is 0 Å². The van der Waals surface area contributed by atoms with Crippen molar-refractivity contribution in [1.82, 2.24) is 0 Å². The molecule has 4 atom stereocenters. The number of aliphatic carboxylic acids is 4. The molecule has 2 saturated heterocycles. The van der Waals surface area contributed by atoms with Crippen LogP contribution in [0.3, 0.4) is 0 Å². The number of carbonyl (C=O) groups excluding carboxylic acids is 4. The molecule has 100 valence electrons. The second kappa shape index (κ2) is 11.6. The molecule has 0 amide bonds. The SMILES string of the molecule is O=C([O-])[C@H]1O[C@H]1C(=O)[O-].O=C([O-])[C@H]1O[C@H]1C(=O)[O-].[Ca+2].[Na+].[Na+]. The van der Waals surface area contributed by atoms with Crippen LogP contribution in [-0.4, -0.2) is 86.0 Å². The summed E-state index contributed by atoms with van der Waals surface area (Å²) < 4.78 is 8.23. The Hall–Kier alpha value is 1.06. The molecule has 2 aliphatic rings. The first kappa shape index (κ1) is 26.9. The molecule has 13 heteroatoms. The second-order valence-electron chi connectivity index (χ2n) is 3.23. The van der Waals surface area contributed by atoms with Crippen molar-refractivity contribution in [2.45, 2.75) is 24.4 Å². The van der Waals surface area contributed by atoms with E-state index in [9.17, 15) is 39.6 Å². The number of hydrogen-bond acceptors (Lipinski definition) is 10. The number of carboxylic acid groups (broad SMARTS) is 4. The Balaban J connectivity index is -0.000000270. The van der Waals surface area contributed by atoms with Crippen LogP contribution < -0.4 is 79.5 Å². The van der Waals surface area contributed by atoms with Crippen molar-refractivity contribution in [2.75, 3.05) is 0 Å². The van der Waals surface area contributed by atoms with E-state index in [2.05, 4.69) is 9.47 Å². The zero-order chi connectivity index (χ0) is 14.0. The molecule has 0 aromatic carbocycles. The van der Waals surface area contributed by atoms with Gasteiger partial charge in [-0.2, -0.15) is 0 Å². The van der Waals surface area contributed by atoms with Crippen molar-refractivity contribution in [2.24, 2.45) is 0 Å². The van der Waals surface area contributed by atoms with E-state index in [-0.39, 0.29) is 96.9 Å². The molecule has 0 N–H and O–H groups in total. The smallest absolute Gasteiger partial charge is 0.547 e. The zero-order valence-corrected chi connectivity index (χ0v) is 17.3. The molecule has 10 nitrogen and oxygen atoms in total. The van der Waals surface area contributed by atoms with E-state index in [0.29, 0.717) is 0 Å². The Labute approximate surface area is 191 Å². The topological polar surface area (TPSA) is 186 Å². The van der Waals surface area contributed by atoms with E-state index in [1.165, 1.54) is 0 Å². The average Bonchev–Trinajstić information content (AvgIpc) is 3.12. The molecule has 0 aromatic rings. The van der Waals surface area contributed by atoms with E-state index in [1.807, 2.05) is 0 Å². The molecule has 0 radical (unpaired) electrons. The Kier molecular flexibility index (Phi) is 14.8. The Morgan fingerprint density at radius 3 is 0.762 bits per heavy atom. The maximum atomic E-state index is 9.75. The first-order valence-electron chi connectivity index (χ1n) is 4.40. The van der Waals surface area contributed by atoms with Gasteiger partial charge in [0.1, 0.15) is 24.4 Å². The van der Waals surface area contributed by atoms with Gasteiger partial charge < -0.3 is 49.1 Å². The predicted molar refractivity (Wildman–Crippen MR) is 43.1 cm³/mol. The van der Waals surface area contributed by atoms with Gasteiger partial charge >= 0.3 is 96.9 Å². The molecule has 2 fully saturated rings. The first-order chi connectivity index (χ1) is 8.25. The largest absolute Gasteiger partial charge is 2.00 e. The number of rotatable bonds is 4. The average molecular weight is 346 g/mol. The Bertz CT molecular complexity index is 342. The summed E-state index contributed by atoms with van der Waals surface area (Å²) in [5.74, 6) is -6.04. The third-order valence-electron chi connectivity index (χ3n) is 1.91. The molecular weight excluding hydrogens is 342 g/mol. The summed E-state index contributed by atoms with van der Waals surface area (Å²) in [6.45, 7) is 0. The van der Waals surface area contributed by atoms with Crippen LogP contribution in [0, 0.1) is 0 Å². The minimum atomic E-state index is -1.51. The van der Waals surface area contributed by atoms with E-state index in [4.69, 9.17) is 0 Å². The number of epoxide rings is 2. The van der Waals surface area contributed by atoms with E-state index >= 15 is 0 Å². The van der Waals surface area contributed by atoms with Crippen LogP contribution in [0.5, 0.6) is 0 Å². The van der Waals surface area contributed by atoms with Crippen LogP contribution in [-0.2, 0) is 28.7 Å². The first-order valence-corrected chi connectivity index (χ1v) is 4.40. The molecular formula is C8H4CaNa2O10. The van der Waals surface area contributed by atoms with E-state index < -0.39 is 48.3 Å². The summed E-state index contributed by atoms with van der Waals surface area (Å²) in [7, 11) is 0. The number of hydrogen-bond donors (Lipinski definition) is 0. The standard InChI is InChI=1S/2C4H4O5.Ca.2Na/c2*5-3(6)1-2(9-1)4(7)8;;;/h2*1-2H,(H,5,6)(H,7,8);;;/q;;+2;2*+1/p-4/t2*1-,2+;;;. The number of carboxylic acids is 4. The zero-order valence-electron chi connectivity index (χ0n) is 11.1. The van der Waals surface area contributed by atoms with Crippen molar-refractivity contribution >= 4 is 61.6 Å². The van der Waals surface area contributed by atoms with Crippen molar-refractivity contribution in [3.8, 4) is 0 Å². The van der Waals surface area contributed by atoms with E-state index in [0.717, 1.165) is 0 Å². The van der Waals surface area contributed by atoms with E-state index in [1.54, 1.807) is 0 Å². The molecule has 0 spiro atoms. The van der Waals surface area contributed by atoms with Gasteiger partial charge in [0.05, 0.1) is 23.9 Å². The maximum Gasteiger partial charge on any atom is 2.00 e. The van der Waals surface area contributed by atoms with Crippen LogP contribution in [0.1, 0.15) is 0 Å². The van der Waals surface area contributed by atoms with Crippen LogP contribution in [0.25, 0.3) is 0 Å². The van der Waals surface area contributed by atoms with Gasteiger partial charge in [0.2, 0.25) is 0 Å². The Morgan fingerprint density at radius 2 is 0.714 bits per heavy atom. The minimum Gasteiger partial charge on any atom is -0.547 e. The molecule has 0 bridgehead atoms. The molecule has 0 aromatic heterocycles. The normalized spacial score (nSPS) is 27.0. The van der Waals surface area contributed by atoms with Gasteiger partial charge in [0.25, 0.3) is 0 Å². The van der Waals surface area contributed by atoms with Crippen molar-refractivity contribution < 1.29 is 108 Å². The summed E-state index contributed by atoms with van der Waals surface area (Å²) in [4.78, 5) is 39.0. The van der Waals surface area contributed by atoms with Crippen LogP contribution in [0.15, 0.2) is 0 Å². The third-order valence-corrected chi connectivity index (χ3v) is 1.91. The Morgan fingerprint density at radius 1 is 0.571 bits per heavy atom. The molecule has 0 unspecified atom stereocenters. The summed E-state index contributed by atoms with van der Waals surface area (Å²) in [5.41, 5.74) is 0. The second-order valence-corrected chi connectivity index (χ2v) is 3.23. The molecule has 2 aliphatic heterocycles. The van der Waals surface area contributed by atoms with Crippen LogP contribution in [0.2, 0.25) is 0 Å². The van der Waals surface area contributed by atoms with Gasteiger partial charge in [0, 0.05) is 0 Å². The van der Waals surface area contributed by atoms with Crippen LogP contribution >= 0.6 is 0 Å². The van der Waals surface area contributed by atoms with Gasteiger partial charge in [-0.25, -0.2) is 0 Å². The monoisotopic (exact) mass is 346 g/mol. The van der Waals surface area contributed by atoms with Crippen molar-refractivity contribution in [3.05, 3.63) is 0 Å². The third kappa shape index (κ3) is 9.06. The van der Waals surface area contributed by atoms with Gasteiger partial charge in [-0.3, -0.25) is 0 Å². The number of carbonyl (C=O) groups is 4. The van der Waals surface area contributed by atoms with Crippen molar-refractivity contribution in [1.29, 1.82) is 0 Å². The predicted octanol–water partition coefficient (Wildman–Crippen LogP) is -13.9. The fourth-order valence-corrected chi connectivity index (χ4v) is 0.942. The van der Waals surface area contributed by atoms with Crippen molar-refractivity contribution in [3.63, 3.8) is 0 Å². The molecule has 0 saturated carbocycles. The van der Waals surface area contributed by atoms with Gasteiger partial charge in [-0.15, -0.1) is 0 Å². The summed E-state index contributed by atoms with van der Waals surface area (Å²) in [5, 5.41) is 39.0. The summed E-state index contributed by atoms with van der Waals surface area (Å²) in [6.07, 6.45) is -5.19. The molecule has 2 rings (SSSR count). The van der Waals surface area contributed by atoms with Crippen LogP contribution in [0.4, 0.5) is 0 Å². The van der Waals surface area contributed by atoms with Gasteiger partial charge in [0.15, 0.2) is 0 Å². The maximum absolute atomic E-state index is 9.75. The molecule has 2 heterocycles. The summed E-state index contributed by atoms with van der Waals surface area (Å²) >= 11 is 0. The number of ether oxygens (including phenoxy) is 2. The minimum absolute atomic E-state index is 0. The fraction of sp³-hybridized carbons (Fsp3) is 0.500. The molecule has 21 heavy (non-hydrogen) atoms. The molecule has 0 aliphatic carbocycles.